The average molecular weight is 388 g/mol. The van der Waals surface area contributed by atoms with E-state index in [0.717, 1.165) is 17.1 Å². The lowest BCUT2D eigenvalue weighted by Gasteiger charge is -2.11. The zero-order valence-electron chi connectivity index (χ0n) is 15.8. The van der Waals surface area contributed by atoms with Gasteiger partial charge in [-0.05, 0) is 46.2 Å². The smallest absolute Gasteiger partial charge is 0.216 e. The van der Waals surface area contributed by atoms with E-state index in [2.05, 4.69) is 68.7 Å². The van der Waals surface area contributed by atoms with E-state index < -0.39 is 0 Å². The molecule has 0 aliphatic heterocycles. The lowest BCUT2D eigenvalue weighted by Crippen LogP contribution is -2.08. The third-order valence-corrected chi connectivity index (χ3v) is 4.94. The van der Waals surface area contributed by atoms with Crippen molar-refractivity contribution in [2.24, 2.45) is 5.10 Å². The van der Waals surface area contributed by atoms with Gasteiger partial charge in [0.1, 0.15) is 0 Å². The van der Waals surface area contributed by atoms with Gasteiger partial charge in [0.25, 0.3) is 0 Å². The van der Waals surface area contributed by atoms with E-state index in [-0.39, 0.29) is 0 Å². The first-order valence-electron chi connectivity index (χ1n) is 9.06. The monoisotopic (exact) mass is 387 g/mol. The number of hydrogen-bond donors (Lipinski definition) is 1. The average Bonchev–Trinajstić information content (AvgIpc) is 3.06. The van der Waals surface area contributed by atoms with Gasteiger partial charge in [-0.3, -0.25) is 5.10 Å². The number of nitrogens with zero attached hydrogens (tertiary/aromatic N) is 4. The maximum absolute atomic E-state index is 5.38. The summed E-state index contributed by atoms with van der Waals surface area (Å²) in [4.78, 5) is 2.06. The van der Waals surface area contributed by atoms with Crippen molar-refractivity contribution in [1.82, 2.24) is 14.9 Å². The Labute approximate surface area is 168 Å². The number of fused-ring (bicyclic) bond motifs is 1. The molecular formula is C22H21N5S. The molecule has 140 valence electrons. The van der Waals surface area contributed by atoms with Gasteiger partial charge in [0, 0.05) is 26.2 Å². The van der Waals surface area contributed by atoms with Crippen LogP contribution in [0.15, 0.2) is 71.8 Å². The summed E-state index contributed by atoms with van der Waals surface area (Å²) >= 11 is 5.38. The first-order chi connectivity index (χ1) is 13.6. The minimum atomic E-state index is 0.483. The zero-order valence-corrected chi connectivity index (χ0v) is 16.6. The topological polar surface area (TPSA) is 49.2 Å². The lowest BCUT2D eigenvalue weighted by molar-refractivity contribution is 0.793. The van der Waals surface area contributed by atoms with Gasteiger partial charge >= 0.3 is 0 Å². The highest BCUT2D eigenvalue weighted by Gasteiger charge is 2.09. The van der Waals surface area contributed by atoms with Crippen LogP contribution >= 0.6 is 12.2 Å². The molecule has 6 heteroatoms. The summed E-state index contributed by atoms with van der Waals surface area (Å²) < 4.78 is 2.17. The second-order valence-corrected chi connectivity index (χ2v) is 7.19. The van der Waals surface area contributed by atoms with E-state index in [4.69, 9.17) is 12.2 Å². The van der Waals surface area contributed by atoms with Crippen molar-refractivity contribution >= 4 is 34.9 Å². The molecule has 4 rings (SSSR count). The first-order valence-corrected chi connectivity index (χ1v) is 9.47. The van der Waals surface area contributed by atoms with Crippen LogP contribution in [-0.2, 0) is 6.42 Å². The summed E-state index contributed by atoms with van der Waals surface area (Å²) in [5.41, 5.74) is 3.34. The Balaban J connectivity index is 1.63. The molecule has 1 N–H and O–H groups in total. The number of H-pyrrole nitrogens is 1. The van der Waals surface area contributed by atoms with Crippen LogP contribution in [-0.4, -0.2) is 35.2 Å². The summed E-state index contributed by atoms with van der Waals surface area (Å²) in [6.07, 6.45) is 2.45. The molecule has 0 fully saturated rings. The zero-order chi connectivity index (χ0) is 19.5. The van der Waals surface area contributed by atoms with Crippen molar-refractivity contribution in [2.45, 2.75) is 6.42 Å². The minimum absolute atomic E-state index is 0.483. The van der Waals surface area contributed by atoms with Gasteiger partial charge in [0.15, 0.2) is 5.82 Å². The fourth-order valence-corrected chi connectivity index (χ4v) is 3.36. The molecule has 1 aromatic heterocycles. The molecule has 0 saturated carbocycles. The molecule has 0 bridgehead atoms. The van der Waals surface area contributed by atoms with Gasteiger partial charge in [0.2, 0.25) is 4.77 Å². The van der Waals surface area contributed by atoms with Gasteiger partial charge in [-0.25, -0.2) is 0 Å². The molecule has 0 spiro atoms. The summed E-state index contributed by atoms with van der Waals surface area (Å²) in [5, 5.41) is 14.3. The first kappa shape index (κ1) is 18.1. The normalized spacial score (nSPS) is 11.4. The third kappa shape index (κ3) is 3.73. The maximum atomic E-state index is 5.38. The van der Waals surface area contributed by atoms with Crippen LogP contribution in [0.3, 0.4) is 0 Å². The van der Waals surface area contributed by atoms with Gasteiger partial charge < -0.3 is 4.90 Å². The van der Waals surface area contributed by atoms with E-state index in [0.29, 0.717) is 11.2 Å². The second kappa shape index (κ2) is 7.78. The van der Waals surface area contributed by atoms with E-state index in [1.807, 2.05) is 32.3 Å². The van der Waals surface area contributed by atoms with Crippen LogP contribution in [0, 0.1) is 4.77 Å². The second-order valence-electron chi connectivity index (χ2n) is 6.80. The number of anilines is 1. The Morgan fingerprint density at radius 2 is 1.79 bits per heavy atom. The molecule has 0 unspecified atom stereocenters. The van der Waals surface area contributed by atoms with E-state index in [9.17, 15) is 0 Å². The van der Waals surface area contributed by atoms with Crippen LogP contribution in [0.1, 0.15) is 17.0 Å². The standard InChI is InChI=1S/C22H21N5S/c1-26(2)19-12-10-16(11-13-19)15-23-27-21(24-25-22(27)28)14-18-8-5-7-17-6-3-4-9-20(17)18/h3-13,15H,14H2,1-2H3,(H,25,28)/b23-15-. The largest absolute Gasteiger partial charge is 0.378 e. The van der Waals surface area contributed by atoms with E-state index >= 15 is 0 Å². The van der Waals surface area contributed by atoms with E-state index in [1.54, 1.807) is 10.9 Å². The Bertz CT molecular complexity index is 1180. The quantitative estimate of drug-likeness (QED) is 0.401. The van der Waals surface area contributed by atoms with Crippen molar-refractivity contribution in [3.63, 3.8) is 0 Å². The molecule has 4 aromatic rings. The fraction of sp³-hybridized carbons (Fsp3) is 0.136. The summed E-state index contributed by atoms with van der Waals surface area (Å²) in [6.45, 7) is 0. The fourth-order valence-electron chi connectivity index (χ4n) is 3.16. The van der Waals surface area contributed by atoms with Gasteiger partial charge in [-0.2, -0.15) is 14.9 Å². The molecule has 0 aliphatic rings. The molecule has 0 saturated heterocycles. The van der Waals surface area contributed by atoms with Gasteiger partial charge in [-0.15, -0.1) is 0 Å². The molecule has 5 nitrogen and oxygen atoms in total. The molecule has 0 radical (unpaired) electrons. The predicted octanol–water partition coefficient (Wildman–Crippen LogP) is 4.63. The Kier molecular flexibility index (Phi) is 5.04. The third-order valence-electron chi connectivity index (χ3n) is 4.68. The van der Waals surface area contributed by atoms with Gasteiger partial charge in [-0.1, -0.05) is 54.6 Å². The van der Waals surface area contributed by atoms with E-state index in [1.165, 1.54) is 16.3 Å². The minimum Gasteiger partial charge on any atom is -0.378 e. The summed E-state index contributed by atoms with van der Waals surface area (Å²) in [6, 6.07) is 22.8. The van der Waals surface area contributed by atoms with Crippen molar-refractivity contribution < 1.29 is 0 Å². The Hall–Kier alpha value is -3.25. The molecule has 0 atom stereocenters. The SMILES string of the molecule is CN(C)c1ccc(/C=N\n2c(Cc3cccc4ccccc34)n[nH]c2=S)cc1. The van der Waals surface area contributed by atoms with Crippen LogP contribution in [0.2, 0.25) is 0 Å². The highest BCUT2D eigenvalue weighted by atomic mass is 32.1. The molecular weight excluding hydrogens is 366 g/mol. The van der Waals surface area contributed by atoms with Gasteiger partial charge in [0.05, 0.1) is 6.21 Å². The van der Waals surface area contributed by atoms with Crippen LogP contribution in [0.25, 0.3) is 10.8 Å². The number of benzene rings is 3. The number of nitrogens with one attached hydrogen (secondary N) is 1. The number of hydrogen-bond acceptors (Lipinski definition) is 4. The van der Waals surface area contributed by atoms with Crippen LogP contribution < -0.4 is 4.90 Å². The number of aromatic amines is 1. The highest BCUT2D eigenvalue weighted by Crippen LogP contribution is 2.21. The van der Waals surface area contributed by atoms with Crippen molar-refractivity contribution in [3.05, 3.63) is 88.5 Å². The molecule has 1 heterocycles. The molecule has 3 aromatic carbocycles. The molecule has 28 heavy (non-hydrogen) atoms. The predicted molar refractivity (Wildman–Crippen MR) is 118 cm³/mol. The molecule has 0 amide bonds. The summed E-state index contributed by atoms with van der Waals surface area (Å²) in [5.74, 6) is 0.780. The maximum Gasteiger partial charge on any atom is 0.216 e. The number of rotatable bonds is 5. The highest BCUT2D eigenvalue weighted by molar-refractivity contribution is 7.71. The molecule has 0 aliphatic carbocycles. The van der Waals surface area contributed by atoms with Crippen molar-refractivity contribution in [2.75, 3.05) is 19.0 Å². The Morgan fingerprint density at radius 3 is 2.57 bits per heavy atom. The van der Waals surface area contributed by atoms with Crippen LogP contribution in [0.4, 0.5) is 5.69 Å². The number of aromatic nitrogens is 3. The Morgan fingerprint density at radius 1 is 1.04 bits per heavy atom. The van der Waals surface area contributed by atoms with Crippen molar-refractivity contribution in [3.8, 4) is 0 Å². The van der Waals surface area contributed by atoms with Crippen LogP contribution in [0.5, 0.6) is 0 Å². The van der Waals surface area contributed by atoms with Crippen molar-refractivity contribution in [1.29, 1.82) is 0 Å². The lowest BCUT2D eigenvalue weighted by atomic mass is 10.0. The summed E-state index contributed by atoms with van der Waals surface area (Å²) in [7, 11) is 4.04.